The Kier molecular flexibility index (Phi) is 4.83. The van der Waals surface area contributed by atoms with Crippen LogP contribution in [0.15, 0.2) is 36.4 Å². The van der Waals surface area contributed by atoms with E-state index in [9.17, 15) is 22.8 Å². The van der Waals surface area contributed by atoms with Gasteiger partial charge in [0.15, 0.2) is 11.6 Å². The van der Waals surface area contributed by atoms with Crippen LogP contribution in [0.4, 0.5) is 0 Å². The van der Waals surface area contributed by atoms with Crippen molar-refractivity contribution in [3.8, 4) is 0 Å². The van der Waals surface area contributed by atoms with E-state index in [1.165, 1.54) is 24.5 Å². The molecule has 1 aliphatic heterocycles. The van der Waals surface area contributed by atoms with Crippen molar-refractivity contribution in [3.05, 3.63) is 69.2 Å². The Labute approximate surface area is 173 Å². The number of rotatable bonds is 2. The summed E-state index contributed by atoms with van der Waals surface area (Å²) in [6.45, 7) is 0.657. The van der Waals surface area contributed by atoms with Gasteiger partial charge in [-0.25, -0.2) is 8.42 Å². The highest BCUT2D eigenvalue weighted by atomic mass is 35.5. The quantitative estimate of drug-likeness (QED) is 0.622. The van der Waals surface area contributed by atoms with Gasteiger partial charge in [0.2, 0.25) is 0 Å². The Hall–Kier alpha value is -2.51. The number of fused-ring (bicyclic) bond motifs is 2. The van der Waals surface area contributed by atoms with Crippen molar-refractivity contribution in [2.24, 2.45) is 0 Å². The maximum Gasteiger partial charge on any atom is 0.253 e. The average molecular weight is 432 g/mol. The van der Waals surface area contributed by atoms with E-state index in [0.717, 1.165) is 0 Å². The standard InChI is InChI=1S/C21H18ClNO5S/c1-29(27,28)13-7-9-23(10-8-13)21(26)12-5-6-14-16(11-12)20(25)18-15(19(14)24)3-2-4-17(18)22/h2-6,11,13H,7-10H2,1H3. The van der Waals surface area contributed by atoms with Crippen LogP contribution in [0, 0.1) is 0 Å². The average Bonchev–Trinajstić information content (AvgIpc) is 2.70. The molecular formula is C21H18ClNO5S. The van der Waals surface area contributed by atoms with Crippen molar-refractivity contribution in [2.45, 2.75) is 18.1 Å². The zero-order valence-electron chi connectivity index (χ0n) is 15.6. The van der Waals surface area contributed by atoms with Gasteiger partial charge in [-0.15, -0.1) is 0 Å². The topological polar surface area (TPSA) is 88.6 Å². The Morgan fingerprint density at radius 1 is 1.00 bits per heavy atom. The maximum absolute atomic E-state index is 13.0. The zero-order valence-corrected chi connectivity index (χ0v) is 17.2. The number of hydrogen-bond acceptors (Lipinski definition) is 5. The normalized spacial score (nSPS) is 17.1. The maximum atomic E-state index is 13.0. The third-order valence-electron chi connectivity index (χ3n) is 5.58. The Balaban J connectivity index is 1.63. The summed E-state index contributed by atoms with van der Waals surface area (Å²) in [5.74, 6) is -0.972. The molecule has 0 unspecified atom stereocenters. The zero-order chi connectivity index (χ0) is 20.9. The van der Waals surface area contributed by atoms with Gasteiger partial charge >= 0.3 is 0 Å². The molecule has 2 aromatic rings. The van der Waals surface area contributed by atoms with E-state index >= 15 is 0 Å². The number of piperidine rings is 1. The van der Waals surface area contributed by atoms with Crippen LogP contribution in [0.1, 0.15) is 55.0 Å². The second-order valence-electron chi connectivity index (χ2n) is 7.40. The molecule has 0 spiro atoms. The van der Waals surface area contributed by atoms with Crippen molar-refractivity contribution >= 4 is 38.9 Å². The lowest BCUT2D eigenvalue weighted by molar-refractivity contribution is 0.0725. The van der Waals surface area contributed by atoms with Gasteiger partial charge in [0, 0.05) is 41.6 Å². The van der Waals surface area contributed by atoms with Crippen molar-refractivity contribution < 1.29 is 22.8 Å². The highest BCUT2D eigenvalue weighted by molar-refractivity contribution is 7.91. The number of sulfone groups is 1. The van der Waals surface area contributed by atoms with Crippen LogP contribution in [-0.4, -0.2) is 55.4 Å². The summed E-state index contributed by atoms with van der Waals surface area (Å²) in [5.41, 5.74) is 1.12. The smallest absolute Gasteiger partial charge is 0.253 e. The molecule has 1 amide bonds. The number of likely N-dealkylation sites (tertiary alicyclic amines) is 1. The predicted octanol–water partition coefficient (Wildman–Crippen LogP) is 2.76. The number of hydrogen-bond donors (Lipinski definition) is 0. The highest BCUT2D eigenvalue weighted by Crippen LogP contribution is 2.32. The van der Waals surface area contributed by atoms with Crippen molar-refractivity contribution in [2.75, 3.05) is 19.3 Å². The van der Waals surface area contributed by atoms with Crippen molar-refractivity contribution in [1.29, 1.82) is 0 Å². The molecule has 0 aromatic heterocycles. The lowest BCUT2D eigenvalue weighted by Crippen LogP contribution is -2.42. The van der Waals surface area contributed by atoms with Crippen LogP contribution in [0.25, 0.3) is 0 Å². The molecule has 4 rings (SSSR count). The van der Waals surface area contributed by atoms with Gasteiger partial charge in [0.25, 0.3) is 5.91 Å². The minimum atomic E-state index is -3.13. The summed E-state index contributed by atoms with van der Waals surface area (Å²) in [7, 11) is -3.13. The first-order valence-electron chi connectivity index (χ1n) is 9.18. The minimum Gasteiger partial charge on any atom is -0.339 e. The SMILES string of the molecule is CS(=O)(=O)C1CCN(C(=O)c2ccc3c(c2)C(=O)c2c(Cl)cccc2C3=O)CC1. The highest BCUT2D eigenvalue weighted by Gasteiger charge is 2.33. The first-order valence-corrected chi connectivity index (χ1v) is 11.5. The van der Waals surface area contributed by atoms with Crippen LogP contribution >= 0.6 is 11.6 Å². The molecule has 6 nitrogen and oxygen atoms in total. The molecule has 1 aliphatic carbocycles. The minimum absolute atomic E-state index is 0.158. The van der Waals surface area contributed by atoms with Crippen molar-refractivity contribution in [3.63, 3.8) is 0 Å². The summed E-state index contributed by atoms with van der Waals surface area (Å²) in [5, 5.41) is -0.237. The fourth-order valence-corrected chi connectivity index (χ4v) is 5.28. The van der Waals surface area contributed by atoms with Crippen molar-refractivity contribution in [1.82, 2.24) is 4.90 Å². The molecule has 0 saturated carbocycles. The molecule has 0 bridgehead atoms. The number of halogens is 1. The molecule has 2 aliphatic rings. The van der Waals surface area contributed by atoms with Gasteiger partial charge < -0.3 is 4.90 Å². The van der Waals surface area contributed by atoms with Gasteiger partial charge in [0.1, 0.15) is 9.84 Å². The van der Waals surface area contributed by atoms with E-state index < -0.39 is 15.1 Å². The molecule has 1 saturated heterocycles. The monoisotopic (exact) mass is 431 g/mol. The number of carbonyl (C=O) groups excluding carboxylic acids is 3. The number of benzene rings is 2. The lowest BCUT2D eigenvalue weighted by atomic mass is 9.83. The number of amides is 1. The molecule has 0 radical (unpaired) electrons. The predicted molar refractivity (Wildman–Crippen MR) is 109 cm³/mol. The molecule has 0 N–H and O–H groups in total. The second-order valence-corrected chi connectivity index (χ2v) is 10.1. The molecule has 1 fully saturated rings. The Morgan fingerprint density at radius 2 is 1.69 bits per heavy atom. The Morgan fingerprint density at radius 3 is 2.34 bits per heavy atom. The fraction of sp³-hybridized carbons (Fsp3) is 0.286. The largest absolute Gasteiger partial charge is 0.339 e. The number of nitrogens with zero attached hydrogens (tertiary/aromatic N) is 1. The molecule has 0 atom stereocenters. The van der Waals surface area contributed by atoms with E-state index in [1.54, 1.807) is 23.1 Å². The summed E-state index contributed by atoms with van der Waals surface area (Å²) in [6.07, 6.45) is 1.98. The Bertz CT molecular complexity index is 1160. The summed E-state index contributed by atoms with van der Waals surface area (Å²) in [6, 6.07) is 9.20. The van der Waals surface area contributed by atoms with Crippen LogP contribution in [-0.2, 0) is 9.84 Å². The molecule has 1 heterocycles. The molecule has 29 heavy (non-hydrogen) atoms. The van der Waals surface area contributed by atoms with Crippen LogP contribution in [0.2, 0.25) is 5.02 Å². The fourth-order valence-electron chi connectivity index (χ4n) is 3.96. The van der Waals surface area contributed by atoms with E-state index in [0.29, 0.717) is 31.5 Å². The van der Waals surface area contributed by atoms with Gasteiger partial charge in [0.05, 0.1) is 15.8 Å². The first kappa shape index (κ1) is 19.8. The first-order chi connectivity index (χ1) is 13.7. The second kappa shape index (κ2) is 7.07. The van der Waals surface area contributed by atoms with E-state index in [-0.39, 0.29) is 44.8 Å². The molecule has 2 aromatic carbocycles. The third kappa shape index (κ3) is 3.38. The molecule has 150 valence electrons. The van der Waals surface area contributed by atoms with Crippen LogP contribution < -0.4 is 0 Å². The van der Waals surface area contributed by atoms with E-state index in [1.807, 2.05) is 0 Å². The van der Waals surface area contributed by atoms with Gasteiger partial charge in [-0.05, 0) is 37.1 Å². The van der Waals surface area contributed by atoms with Crippen LogP contribution in [0.5, 0.6) is 0 Å². The van der Waals surface area contributed by atoms with Crippen LogP contribution in [0.3, 0.4) is 0 Å². The van der Waals surface area contributed by atoms with Gasteiger partial charge in [-0.1, -0.05) is 23.7 Å². The molecular weight excluding hydrogens is 414 g/mol. The van der Waals surface area contributed by atoms with E-state index in [4.69, 9.17) is 11.6 Å². The summed E-state index contributed by atoms with van der Waals surface area (Å²) in [4.78, 5) is 40.2. The molecule has 8 heteroatoms. The van der Waals surface area contributed by atoms with E-state index in [2.05, 4.69) is 0 Å². The third-order valence-corrected chi connectivity index (χ3v) is 7.57. The summed E-state index contributed by atoms with van der Waals surface area (Å²) >= 11 is 6.15. The van der Waals surface area contributed by atoms with Gasteiger partial charge in [-0.3, -0.25) is 14.4 Å². The number of ketones is 2. The number of carbonyl (C=O) groups is 3. The van der Waals surface area contributed by atoms with Gasteiger partial charge in [-0.2, -0.15) is 0 Å². The summed E-state index contributed by atoms with van der Waals surface area (Å²) < 4.78 is 23.4. The lowest BCUT2D eigenvalue weighted by Gasteiger charge is -2.31.